The fraction of sp³-hybridized carbons (Fsp3) is 0.167. The van der Waals surface area contributed by atoms with E-state index in [-0.39, 0.29) is 5.56 Å². The topological polar surface area (TPSA) is 53.4 Å². The average Bonchev–Trinajstić information content (AvgIpc) is 2.27. The first-order chi connectivity index (χ1) is 7.61. The Morgan fingerprint density at radius 1 is 1.31 bits per heavy atom. The summed E-state index contributed by atoms with van der Waals surface area (Å²) in [5.41, 5.74) is 1.73. The number of pyridine rings is 1. The molecule has 0 aliphatic heterocycles. The Hall–Kier alpha value is -2.10. The molecule has 0 fully saturated rings. The summed E-state index contributed by atoms with van der Waals surface area (Å²) in [5, 5.41) is 9.91. The van der Waals surface area contributed by atoms with E-state index in [4.69, 9.17) is 5.11 Å². The van der Waals surface area contributed by atoms with E-state index in [0.717, 1.165) is 11.1 Å². The second-order valence-electron chi connectivity index (χ2n) is 3.73. The molecular formula is C12H12N2O2. The van der Waals surface area contributed by atoms with E-state index in [1.165, 1.54) is 0 Å². The van der Waals surface area contributed by atoms with E-state index in [2.05, 4.69) is 4.98 Å². The molecule has 4 heteroatoms. The van der Waals surface area contributed by atoms with E-state index in [9.17, 15) is 4.79 Å². The molecule has 0 unspecified atom stereocenters. The monoisotopic (exact) mass is 216 g/mol. The molecule has 0 radical (unpaired) electrons. The maximum absolute atomic E-state index is 11.0. The van der Waals surface area contributed by atoms with E-state index in [1.54, 1.807) is 18.3 Å². The van der Waals surface area contributed by atoms with E-state index >= 15 is 0 Å². The molecule has 1 aromatic heterocycles. The van der Waals surface area contributed by atoms with Crippen LogP contribution in [0.4, 0.5) is 5.69 Å². The van der Waals surface area contributed by atoms with Crippen molar-refractivity contribution in [2.75, 3.05) is 19.0 Å². The lowest BCUT2D eigenvalue weighted by atomic mass is 10.1. The SMILES string of the molecule is CN(C)c1ccnc2c(C(=O)O)cccc12. The molecule has 1 N–H and O–H groups in total. The van der Waals surface area contributed by atoms with Crippen LogP contribution in [0.5, 0.6) is 0 Å². The number of nitrogens with zero attached hydrogens (tertiary/aromatic N) is 2. The maximum atomic E-state index is 11.0. The number of para-hydroxylation sites is 1. The Morgan fingerprint density at radius 2 is 2.06 bits per heavy atom. The highest BCUT2D eigenvalue weighted by molar-refractivity contribution is 6.05. The number of aromatic nitrogens is 1. The van der Waals surface area contributed by atoms with Crippen molar-refractivity contribution in [3.05, 3.63) is 36.0 Å². The van der Waals surface area contributed by atoms with Crippen LogP contribution in [0, 0.1) is 0 Å². The second-order valence-corrected chi connectivity index (χ2v) is 3.73. The van der Waals surface area contributed by atoms with Crippen LogP contribution in [0.3, 0.4) is 0 Å². The Balaban J connectivity index is 2.81. The van der Waals surface area contributed by atoms with Crippen molar-refractivity contribution >= 4 is 22.6 Å². The minimum absolute atomic E-state index is 0.237. The lowest BCUT2D eigenvalue weighted by molar-refractivity contribution is 0.0699. The molecule has 0 aliphatic rings. The lowest BCUT2D eigenvalue weighted by Gasteiger charge is -2.15. The Bertz CT molecular complexity index is 550. The summed E-state index contributed by atoms with van der Waals surface area (Å²) in [6.45, 7) is 0. The van der Waals surface area contributed by atoms with Crippen LogP contribution in [0.25, 0.3) is 10.9 Å². The first kappa shape index (κ1) is 10.4. The number of aromatic carboxylic acids is 1. The van der Waals surface area contributed by atoms with Gasteiger partial charge in [-0.2, -0.15) is 0 Å². The van der Waals surface area contributed by atoms with Crippen LogP contribution in [-0.2, 0) is 0 Å². The molecule has 0 amide bonds. The van der Waals surface area contributed by atoms with Crippen molar-refractivity contribution in [2.24, 2.45) is 0 Å². The summed E-state index contributed by atoms with van der Waals surface area (Å²) >= 11 is 0. The number of hydrogen-bond donors (Lipinski definition) is 1. The van der Waals surface area contributed by atoms with E-state index in [0.29, 0.717) is 5.52 Å². The minimum Gasteiger partial charge on any atom is -0.478 e. The van der Waals surface area contributed by atoms with Crippen molar-refractivity contribution < 1.29 is 9.90 Å². The fourth-order valence-electron chi connectivity index (χ4n) is 1.72. The van der Waals surface area contributed by atoms with Crippen LogP contribution >= 0.6 is 0 Å². The van der Waals surface area contributed by atoms with Gasteiger partial charge in [-0.1, -0.05) is 12.1 Å². The number of carboxylic acids is 1. The summed E-state index contributed by atoms with van der Waals surface area (Å²) in [7, 11) is 3.84. The second kappa shape index (κ2) is 3.81. The number of rotatable bonds is 2. The quantitative estimate of drug-likeness (QED) is 0.834. The van der Waals surface area contributed by atoms with Gasteiger partial charge in [-0.3, -0.25) is 4.98 Å². The zero-order valence-electron chi connectivity index (χ0n) is 9.14. The summed E-state index contributed by atoms with van der Waals surface area (Å²) in [4.78, 5) is 17.1. The Labute approximate surface area is 93.1 Å². The van der Waals surface area contributed by atoms with Crippen LogP contribution in [0.15, 0.2) is 30.5 Å². The van der Waals surface area contributed by atoms with Crippen LogP contribution < -0.4 is 4.90 Å². The third-order valence-electron chi connectivity index (χ3n) is 2.46. The standard InChI is InChI=1S/C12H12N2O2/c1-14(2)10-6-7-13-11-8(10)4-3-5-9(11)12(15)16/h3-7H,1-2H3,(H,15,16). The number of fused-ring (bicyclic) bond motifs is 1. The average molecular weight is 216 g/mol. The van der Waals surface area contributed by atoms with Crippen LogP contribution in [0.1, 0.15) is 10.4 Å². The first-order valence-electron chi connectivity index (χ1n) is 4.89. The van der Waals surface area contributed by atoms with E-state index < -0.39 is 5.97 Å². The van der Waals surface area contributed by atoms with Crippen molar-refractivity contribution in [1.29, 1.82) is 0 Å². The van der Waals surface area contributed by atoms with Crippen LogP contribution in [0.2, 0.25) is 0 Å². The number of benzene rings is 1. The van der Waals surface area contributed by atoms with Gasteiger partial charge in [0.25, 0.3) is 0 Å². The first-order valence-corrected chi connectivity index (χ1v) is 4.89. The van der Waals surface area contributed by atoms with Gasteiger partial charge in [0.1, 0.15) is 0 Å². The molecule has 0 saturated carbocycles. The third kappa shape index (κ3) is 1.58. The number of carbonyl (C=O) groups is 1. The van der Waals surface area contributed by atoms with Gasteiger partial charge in [0.05, 0.1) is 11.1 Å². The molecule has 2 rings (SSSR count). The highest BCUT2D eigenvalue weighted by Gasteiger charge is 2.11. The van der Waals surface area contributed by atoms with Gasteiger partial charge >= 0.3 is 5.97 Å². The van der Waals surface area contributed by atoms with Gasteiger partial charge in [0.2, 0.25) is 0 Å². The molecule has 0 bridgehead atoms. The van der Waals surface area contributed by atoms with Crippen molar-refractivity contribution in [3.8, 4) is 0 Å². The minimum atomic E-state index is -0.950. The molecule has 1 aromatic carbocycles. The normalized spacial score (nSPS) is 10.4. The fourth-order valence-corrected chi connectivity index (χ4v) is 1.72. The van der Waals surface area contributed by atoms with Crippen LogP contribution in [-0.4, -0.2) is 30.2 Å². The molecule has 16 heavy (non-hydrogen) atoms. The summed E-state index contributed by atoms with van der Waals surface area (Å²) in [5.74, 6) is -0.950. The number of hydrogen-bond acceptors (Lipinski definition) is 3. The predicted octanol–water partition coefficient (Wildman–Crippen LogP) is 2.00. The summed E-state index contributed by atoms with van der Waals surface area (Å²) < 4.78 is 0. The zero-order chi connectivity index (χ0) is 11.7. The lowest BCUT2D eigenvalue weighted by Crippen LogP contribution is -2.10. The van der Waals surface area contributed by atoms with Crippen molar-refractivity contribution in [3.63, 3.8) is 0 Å². The molecule has 1 heterocycles. The predicted molar refractivity (Wildman–Crippen MR) is 63.0 cm³/mol. The molecular weight excluding hydrogens is 204 g/mol. The van der Waals surface area contributed by atoms with E-state index in [1.807, 2.05) is 31.1 Å². The summed E-state index contributed by atoms with van der Waals surface area (Å²) in [6.07, 6.45) is 1.63. The Morgan fingerprint density at radius 3 is 2.69 bits per heavy atom. The van der Waals surface area contributed by atoms with Gasteiger partial charge in [0, 0.05) is 31.4 Å². The maximum Gasteiger partial charge on any atom is 0.337 e. The van der Waals surface area contributed by atoms with Gasteiger partial charge in [0.15, 0.2) is 0 Å². The van der Waals surface area contributed by atoms with Gasteiger partial charge in [-0.25, -0.2) is 4.79 Å². The highest BCUT2D eigenvalue weighted by Crippen LogP contribution is 2.25. The smallest absolute Gasteiger partial charge is 0.337 e. The molecule has 0 saturated heterocycles. The van der Waals surface area contributed by atoms with Gasteiger partial charge < -0.3 is 10.0 Å². The molecule has 0 aliphatic carbocycles. The number of carboxylic acid groups (broad SMARTS) is 1. The van der Waals surface area contributed by atoms with Gasteiger partial charge in [-0.15, -0.1) is 0 Å². The third-order valence-corrected chi connectivity index (χ3v) is 2.46. The van der Waals surface area contributed by atoms with Crippen molar-refractivity contribution in [2.45, 2.75) is 0 Å². The highest BCUT2D eigenvalue weighted by atomic mass is 16.4. The molecule has 82 valence electrons. The zero-order valence-corrected chi connectivity index (χ0v) is 9.14. The molecule has 0 atom stereocenters. The molecule has 2 aromatic rings. The van der Waals surface area contributed by atoms with Gasteiger partial charge in [-0.05, 0) is 12.1 Å². The Kier molecular flexibility index (Phi) is 2.48. The molecule has 4 nitrogen and oxygen atoms in total. The van der Waals surface area contributed by atoms with Crippen molar-refractivity contribution in [1.82, 2.24) is 4.98 Å². The summed E-state index contributed by atoms with van der Waals surface area (Å²) in [6, 6.07) is 7.05. The molecule has 0 spiro atoms. The largest absolute Gasteiger partial charge is 0.478 e. The number of anilines is 1.